The average Bonchev–Trinajstić information content (AvgIpc) is 2.54. The van der Waals surface area contributed by atoms with Gasteiger partial charge in [-0.1, -0.05) is 33.1 Å². The van der Waals surface area contributed by atoms with Gasteiger partial charge in [-0.15, -0.1) is 0 Å². The Morgan fingerprint density at radius 3 is 2.25 bits per heavy atom. The first-order valence-corrected chi connectivity index (χ1v) is 8.83. The van der Waals surface area contributed by atoms with Gasteiger partial charge < -0.3 is 0 Å². The average molecular weight is 331 g/mol. The van der Waals surface area contributed by atoms with Gasteiger partial charge >= 0.3 is 5.69 Å². The largest absolute Gasteiger partial charge is 0.352 e. The molecule has 0 aromatic carbocycles. The quantitative estimate of drug-likeness (QED) is 0.863. The molecule has 1 aliphatic carbocycles. The Bertz CT molecular complexity index is 815. The second-order valence-corrected chi connectivity index (χ2v) is 7.20. The molecule has 1 fully saturated rings. The van der Waals surface area contributed by atoms with Crippen LogP contribution in [0.15, 0.2) is 9.59 Å². The summed E-state index contributed by atoms with van der Waals surface area (Å²) in [6.45, 7) is 7.88. The Hall–Kier alpha value is -2.05. The van der Waals surface area contributed by atoms with E-state index in [2.05, 4.69) is 15.1 Å². The van der Waals surface area contributed by atoms with Crippen LogP contribution in [-0.4, -0.2) is 24.3 Å². The summed E-state index contributed by atoms with van der Waals surface area (Å²) in [5.41, 5.74) is -0.544. The van der Waals surface area contributed by atoms with Crippen LogP contribution in [0.4, 0.5) is 0 Å². The van der Waals surface area contributed by atoms with E-state index >= 15 is 0 Å². The highest BCUT2D eigenvalue weighted by atomic mass is 16.2. The number of hydrogen-bond acceptors (Lipinski definition) is 5. The van der Waals surface area contributed by atoms with Crippen LogP contribution in [0.5, 0.6) is 0 Å². The molecular weight excluding hydrogens is 306 g/mol. The van der Waals surface area contributed by atoms with Crippen molar-refractivity contribution in [3.8, 4) is 11.5 Å². The van der Waals surface area contributed by atoms with Crippen LogP contribution in [-0.2, 0) is 0 Å². The molecule has 0 aromatic heterocycles. The number of hydrogen-bond donors (Lipinski definition) is 0. The maximum Gasteiger partial charge on any atom is 0.352 e. The zero-order valence-electron chi connectivity index (χ0n) is 14.8. The smallest absolute Gasteiger partial charge is 0.267 e. The van der Waals surface area contributed by atoms with Crippen LogP contribution in [0.1, 0.15) is 83.6 Å². The molecule has 3 aliphatic rings. The van der Waals surface area contributed by atoms with Crippen molar-refractivity contribution in [2.45, 2.75) is 77.8 Å². The predicted octanol–water partition coefficient (Wildman–Crippen LogP) is 2.51. The van der Waals surface area contributed by atoms with E-state index < -0.39 is 5.69 Å². The maximum atomic E-state index is 13.0. The van der Waals surface area contributed by atoms with Crippen molar-refractivity contribution in [1.29, 1.82) is 0 Å². The first-order valence-electron chi connectivity index (χ1n) is 8.83. The molecular formula is C17H25N5O2. The Balaban J connectivity index is 2.28. The van der Waals surface area contributed by atoms with Crippen LogP contribution >= 0.6 is 0 Å². The molecule has 2 heterocycles. The van der Waals surface area contributed by atoms with Crippen LogP contribution in [0.3, 0.4) is 0 Å². The van der Waals surface area contributed by atoms with Gasteiger partial charge in [0, 0.05) is 18.0 Å². The molecule has 0 N–H and O–H groups in total. The molecule has 7 heteroatoms. The van der Waals surface area contributed by atoms with Gasteiger partial charge in [0.1, 0.15) is 0 Å². The highest BCUT2D eigenvalue weighted by Gasteiger charge is 2.27. The van der Waals surface area contributed by atoms with E-state index in [1.807, 2.05) is 27.7 Å². The molecule has 1 saturated carbocycles. The molecule has 0 bridgehead atoms. The number of aromatic nitrogens is 5. The SMILES string of the molecule is CC(C)c1nc2c(=O)n(C3CCCCC3)c(=O)nc-2n(C(C)C)n1. The van der Waals surface area contributed by atoms with Crippen molar-refractivity contribution >= 4 is 0 Å². The minimum atomic E-state index is -0.477. The lowest BCUT2D eigenvalue weighted by atomic mass is 9.95. The summed E-state index contributed by atoms with van der Waals surface area (Å²) < 4.78 is 2.97. The zero-order valence-corrected chi connectivity index (χ0v) is 14.8. The summed E-state index contributed by atoms with van der Waals surface area (Å²) in [5.74, 6) is 0.981. The molecule has 0 aromatic rings. The van der Waals surface area contributed by atoms with E-state index in [1.54, 1.807) is 4.68 Å². The first kappa shape index (κ1) is 16.8. The fraction of sp³-hybridized carbons (Fsp3) is 0.706. The first-order chi connectivity index (χ1) is 11.4. The summed E-state index contributed by atoms with van der Waals surface area (Å²) in [4.78, 5) is 34.2. The normalized spacial score (nSPS) is 16.4. The van der Waals surface area contributed by atoms with Gasteiger partial charge in [-0.3, -0.25) is 9.36 Å². The monoisotopic (exact) mass is 331 g/mol. The third-order valence-corrected chi connectivity index (χ3v) is 4.64. The topological polar surface area (TPSA) is 82.7 Å². The second-order valence-electron chi connectivity index (χ2n) is 7.20. The third-order valence-electron chi connectivity index (χ3n) is 4.64. The third kappa shape index (κ3) is 2.87. The molecule has 24 heavy (non-hydrogen) atoms. The Morgan fingerprint density at radius 2 is 1.67 bits per heavy atom. The molecule has 0 saturated heterocycles. The lowest BCUT2D eigenvalue weighted by Crippen LogP contribution is -2.42. The zero-order chi connectivity index (χ0) is 17.4. The van der Waals surface area contributed by atoms with Crippen LogP contribution in [0.25, 0.3) is 11.5 Å². The standard InChI is InChI=1S/C17H25N5O2/c1-10(2)14-18-13-15(22(20-14)11(3)4)19-17(24)21(16(13)23)12-8-6-5-7-9-12/h10-12H,5-9H2,1-4H3. The van der Waals surface area contributed by atoms with Crippen molar-refractivity contribution in [3.63, 3.8) is 0 Å². The summed E-state index contributed by atoms with van der Waals surface area (Å²) in [7, 11) is 0. The van der Waals surface area contributed by atoms with Gasteiger partial charge in [0.05, 0.1) is 0 Å². The Labute approximate surface area is 141 Å². The van der Waals surface area contributed by atoms with Gasteiger partial charge in [0.2, 0.25) is 0 Å². The lowest BCUT2D eigenvalue weighted by molar-refractivity contribution is 0.334. The highest BCUT2D eigenvalue weighted by molar-refractivity contribution is 5.48. The van der Waals surface area contributed by atoms with E-state index in [1.165, 1.54) is 4.57 Å². The molecule has 0 spiro atoms. The minimum absolute atomic E-state index is 0.00942. The molecule has 7 nitrogen and oxygen atoms in total. The van der Waals surface area contributed by atoms with E-state index in [0.717, 1.165) is 32.1 Å². The van der Waals surface area contributed by atoms with Crippen molar-refractivity contribution in [2.24, 2.45) is 0 Å². The van der Waals surface area contributed by atoms with Crippen molar-refractivity contribution in [1.82, 2.24) is 24.3 Å². The van der Waals surface area contributed by atoms with E-state index in [9.17, 15) is 9.59 Å². The fourth-order valence-corrected chi connectivity index (χ4v) is 3.31. The van der Waals surface area contributed by atoms with Crippen LogP contribution in [0, 0.1) is 0 Å². The van der Waals surface area contributed by atoms with Crippen molar-refractivity contribution in [3.05, 3.63) is 26.7 Å². The molecule has 0 unspecified atom stereocenters. The van der Waals surface area contributed by atoms with Gasteiger partial charge in [-0.05, 0) is 26.7 Å². The van der Waals surface area contributed by atoms with Gasteiger partial charge in [-0.25, -0.2) is 14.5 Å². The molecule has 2 aliphatic heterocycles. The molecule has 0 atom stereocenters. The maximum absolute atomic E-state index is 13.0. The second kappa shape index (κ2) is 6.45. The van der Waals surface area contributed by atoms with E-state index in [0.29, 0.717) is 5.82 Å². The predicted molar refractivity (Wildman–Crippen MR) is 91.6 cm³/mol. The minimum Gasteiger partial charge on any atom is -0.267 e. The molecule has 3 rings (SSSR count). The van der Waals surface area contributed by atoms with Gasteiger partial charge in [0.15, 0.2) is 17.3 Å². The Kier molecular flexibility index (Phi) is 4.51. The van der Waals surface area contributed by atoms with Gasteiger partial charge in [0.25, 0.3) is 5.56 Å². The lowest BCUT2D eigenvalue weighted by Gasteiger charge is -2.24. The molecule has 0 amide bonds. The molecule has 0 radical (unpaired) electrons. The summed E-state index contributed by atoms with van der Waals surface area (Å²) >= 11 is 0. The fourth-order valence-electron chi connectivity index (χ4n) is 3.31. The number of fused-ring (bicyclic) bond motifs is 1. The summed E-state index contributed by atoms with van der Waals surface area (Å²) in [6.07, 6.45) is 4.96. The number of nitrogens with zero attached hydrogens (tertiary/aromatic N) is 5. The summed E-state index contributed by atoms with van der Waals surface area (Å²) in [6, 6.07) is -0.0644. The van der Waals surface area contributed by atoms with Crippen LogP contribution in [0.2, 0.25) is 0 Å². The van der Waals surface area contributed by atoms with E-state index in [4.69, 9.17) is 0 Å². The Morgan fingerprint density at radius 1 is 1.00 bits per heavy atom. The van der Waals surface area contributed by atoms with Crippen molar-refractivity contribution in [2.75, 3.05) is 0 Å². The molecule has 130 valence electrons. The summed E-state index contributed by atoms with van der Waals surface area (Å²) in [5, 5.41) is 4.48. The van der Waals surface area contributed by atoms with Crippen molar-refractivity contribution < 1.29 is 0 Å². The van der Waals surface area contributed by atoms with Gasteiger partial charge in [-0.2, -0.15) is 10.1 Å². The highest BCUT2D eigenvalue weighted by Crippen LogP contribution is 2.26. The van der Waals surface area contributed by atoms with Crippen LogP contribution < -0.4 is 11.2 Å². The number of rotatable bonds is 3. The van der Waals surface area contributed by atoms with E-state index in [-0.39, 0.29) is 35.1 Å².